The number of fused-ring (bicyclic) bond motifs is 1. The average molecular weight is 187 g/mol. The number of anilines is 1. The van der Waals surface area contributed by atoms with E-state index >= 15 is 0 Å². The zero-order valence-corrected chi connectivity index (χ0v) is 8.41. The predicted molar refractivity (Wildman–Crippen MR) is 58.4 cm³/mol. The van der Waals surface area contributed by atoms with Crippen molar-refractivity contribution in [3.05, 3.63) is 30.1 Å². The molecule has 0 fully saturated rings. The summed E-state index contributed by atoms with van der Waals surface area (Å²) in [6, 6.07) is 6.19. The van der Waals surface area contributed by atoms with Gasteiger partial charge in [0.05, 0.1) is 5.52 Å². The van der Waals surface area contributed by atoms with Crippen molar-refractivity contribution in [1.82, 2.24) is 9.97 Å². The molecule has 0 amide bonds. The molecular formula is C11H13N3. The SMILES string of the molecule is CCNc1ncnc2ccc(C)cc12. The van der Waals surface area contributed by atoms with Crippen LogP contribution in [0, 0.1) is 6.92 Å². The first-order chi connectivity index (χ1) is 6.81. The van der Waals surface area contributed by atoms with Gasteiger partial charge in [-0.2, -0.15) is 0 Å². The molecule has 0 aliphatic heterocycles. The van der Waals surface area contributed by atoms with Crippen LogP contribution in [0.4, 0.5) is 5.82 Å². The topological polar surface area (TPSA) is 37.8 Å². The summed E-state index contributed by atoms with van der Waals surface area (Å²) in [6.45, 7) is 5.01. The summed E-state index contributed by atoms with van der Waals surface area (Å²) in [5.74, 6) is 0.918. The number of hydrogen-bond donors (Lipinski definition) is 1. The van der Waals surface area contributed by atoms with E-state index in [-0.39, 0.29) is 0 Å². The molecule has 0 saturated carbocycles. The highest BCUT2D eigenvalue weighted by molar-refractivity contribution is 5.89. The molecule has 1 aromatic carbocycles. The van der Waals surface area contributed by atoms with E-state index in [1.54, 1.807) is 6.33 Å². The van der Waals surface area contributed by atoms with Gasteiger partial charge in [0.2, 0.25) is 0 Å². The average Bonchev–Trinajstić information content (AvgIpc) is 2.19. The van der Waals surface area contributed by atoms with E-state index in [9.17, 15) is 0 Å². The van der Waals surface area contributed by atoms with Gasteiger partial charge < -0.3 is 5.32 Å². The maximum atomic E-state index is 4.22. The van der Waals surface area contributed by atoms with Crippen molar-refractivity contribution in [3.8, 4) is 0 Å². The molecule has 0 spiro atoms. The van der Waals surface area contributed by atoms with Crippen LogP contribution in [0.3, 0.4) is 0 Å². The van der Waals surface area contributed by atoms with E-state index < -0.39 is 0 Å². The maximum Gasteiger partial charge on any atom is 0.137 e. The summed E-state index contributed by atoms with van der Waals surface area (Å²) >= 11 is 0. The molecule has 3 nitrogen and oxygen atoms in total. The summed E-state index contributed by atoms with van der Waals surface area (Å²) in [6.07, 6.45) is 1.59. The van der Waals surface area contributed by atoms with Gasteiger partial charge in [0, 0.05) is 11.9 Å². The van der Waals surface area contributed by atoms with Gasteiger partial charge >= 0.3 is 0 Å². The molecule has 14 heavy (non-hydrogen) atoms. The van der Waals surface area contributed by atoms with Crippen LogP contribution in [0.1, 0.15) is 12.5 Å². The Kier molecular flexibility index (Phi) is 2.31. The molecule has 3 heteroatoms. The second-order valence-corrected chi connectivity index (χ2v) is 3.27. The van der Waals surface area contributed by atoms with Gasteiger partial charge in [-0.1, -0.05) is 11.6 Å². The second kappa shape index (κ2) is 3.62. The molecule has 0 aliphatic carbocycles. The third kappa shape index (κ3) is 1.53. The Labute approximate surface area is 83.2 Å². The molecule has 0 saturated heterocycles. The minimum absolute atomic E-state index is 0.875. The van der Waals surface area contributed by atoms with Crippen molar-refractivity contribution in [2.75, 3.05) is 11.9 Å². The van der Waals surface area contributed by atoms with E-state index in [1.807, 2.05) is 6.07 Å². The van der Waals surface area contributed by atoms with Crippen LogP contribution in [0.2, 0.25) is 0 Å². The fourth-order valence-corrected chi connectivity index (χ4v) is 1.48. The highest BCUT2D eigenvalue weighted by Gasteiger charge is 2.01. The molecule has 1 N–H and O–H groups in total. The summed E-state index contributed by atoms with van der Waals surface area (Å²) in [7, 11) is 0. The van der Waals surface area contributed by atoms with Gasteiger partial charge in [0.15, 0.2) is 0 Å². The number of nitrogens with one attached hydrogen (secondary N) is 1. The Bertz CT molecular complexity index is 451. The Morgan fingerprint density at radius 1 is 1.29 bits per heavy atom. The first-order valence-corrected chi connectivity index (χ1v) is 4.76. The van der Waals surface area contributed by atoms with Crippen molar-refractivity contribution in [3.63, 3.8) is 0 Å². The van der Waals surface area contributed by atoms with Crippen LogP contribution in [0.25, 0.3) is 10.9 Å². The molecule has 1 aromatic heterocycles. The lowest BCUT2D eigenvalue weighted by atomic mass is 10.1. The zero-order valence-electron chi connectivity index (χ0n) is 8.41. The van der Waals surface area contributed by atoms with Crippen molar-refractivity contribution < 1.29 is 0 Å². The molecule has 1 heterocycles. The molecule has 0 atom stereocenters. The van der Waals surface area contributed by atoms with Gasteiger partial charge in [-0.15, -0.1) is 0 Å². The van der Waals surface area contributed by atoms with Crippen LogP contribution in [-0.4, -0.2) is 16.5 Å². The Morgan fingerprint density at radius 3 is 2.93 bits per heavy atom. The normalized spacial score (nSPS) is 10.4. The third-order valence-corrected chi connectivity index (χ3v) is 2.14. The van der Waals surface area contributed by atoms with E-state index in [0.29, 0.717) is 0 Å². The first kappa shape index (κ1) is 8.94. The lowest BCUT2D eigenvalue weighted by molar-refractivity contribution is 1.14. The molecule has 2 aromatic rings. The molecular weight excluding hydrogens is 174 g/mol. The molecule has 0 radical (unpaired) electrons. The number of benzene rings is 1. The second-order valence-electron chi connectivity index (χ2n) is 3.27. The van der Waals surface area contributed by atoms with Gasteiger partial charge in [0.1, 0.15) is 12.1 Å². The fourth-order valence-electron chi connectivity index (χ4n) is 1.48. The van der Waals surface area contributed by atoms with E-state index in [2.05, 4.69) is 41.3 Å². The lowest BCUT2D eigenvalue weighted by Gasteiger charge is -2.05. The monoisotopic (exact) mass is 187 g/mol. The highest BCUT2D eigenvalue weighted by Crippen LogP contribution is 2.19. The minimum atomic E-state index is 0.875. The van der Waals surface area contributed by atoms with Crippen LogP contribution >= 0.6 is 0 Å². The van der Waals surface area contributed by atoms with Crippen molar-refractivity contribution in [2.24, 2.45) is 0 Å². The van der Waals surface area contributed by atoms with Crippen molar-refractivity contribution >= 4 is 16.7 Å². The Hall–Kier alpha value is -1.64. The number of nitrogens with zero attached hydrogens (tertiary/aromatic N) is 2. The number of rotatable bonds is 2. The third-order valence-electron chi connectivity index (χ3n) is 2.14. The van der Waals surface area contributed by atoms with E-state index in [0.717, 1.165) is 23.3 Å². The van der Waals surface area contributed by atoms with Gasteiger partial charge in [-0.05, 0) is 26.0 Å². The number of aryl methyl sites for hydroxylation is 1. The predicted octanol–water partition coefficient (Wildman–Crippen LogP) is 2.37. The summed E-state index contributed by atoms with van der Waals surface area (Å²) in [4.78, 5) is 8.43. The van der Waals surface area contributed by atoms with Gasteiger partial charge in [-0.25, -0.2) is 9.97 Å². The summed E-state index contributed by atoms with van der Waals surface area (Å²) < 4.78 is 0. The number of hydrogen-bond acceptors (Lipinski definition) is 3. The van der Waals surface area contributed by atoms with Crippen LogP contribution in [0.15, 0.2) is 24.5 Å². The quantitative estimate of drug-likeness (QED) is 0.784. The van der Waals surface area contributed by atoms with E-state index in [1.165, 1.54) is 5.56 Å². The fraction of sp³-hybridized carbons (Fsp3) is 0.273. The van der Waals surface area contributed by atoms with Crippen LogP contribution in [0.5, 0.6) is 0 Å². The van der Waals surface area contributed by atoms with Gasteiger partial charge in [-0.3, -0.25) is 0 Å². The van der Waals surface area contributed by atoms with Gasteiger partial charge in [0.25, 0.3) is 0 Å². The van der Waals surface area contributed by atoms with Crippen molar-refractivity contribution in [1.29, 1.82) is 0 Å². The molecule has 0 aliphatic rings. The lowest BCUT2D eigenvalue weighted by Crippen LogP contribution is -2.00. The number of aromatic nitrogens is 2. The first-order valence-electron chi connectivity index (χ1n) is 4.76. The minimum Gasteiger partial charge on any atom is -0.370 e. The standard InChI is InChI=1S/C11H13N3/c1-3-12-11-9-6-8(2)4-5-10(9)13-7-14-11/h4-7H,3H2,1-2H3,(H,12,13,14). The highest BCUT2D eigenvalue weighted by atomic mass is 15.0. The zero-order chi connectivity index (χ0) is 9.97. The smallest absolute Gasteiger partial charge is 0.137 e. The molecule has 0 unspecified atom stereocenters. The molecule has 72 valence electrons. The maximum absolute atomic E-state index is 4.22. The molecule has 0 bridgehead atoms. The summed E-state index contributed by atoms with van der Waals surface area (Å²) in [5.41, 5.74) is 2.22. The summed E-state index contributed by atoms with van der Waals surface area (Å²) in [5, 5.41) is 4.32. The largest absolute Gasteiger partial charge is 0.370 e. The molecule has 2 rings (SSSR count). The van der Waals surface area contributed by atoms with E-state index in [4.69, 9.17) is 0 Å². The van der Waals surface area contributed by atoms with Crippen LogP contribution < -0.4 is 5.32 Å². The Morgan fingerprint density at radius 2 is 2.14 bits per heavy atom. The van der Waals surface area contributed by atoms with Crippen LogP contribution in [-0.2, 0) is 0 Å². The van der Waals surface area contributed by atoms with Crippen molar-refractivity contribution in [2.45, 2.75) is 13.8 Å². The Balaban J connectivity index is 2.64.